The van der Waals surface area contributed by atoms with Crippen molar-refractivity contribution < 1.29 is 96.5 Å². The summed E-state index contributed by atoms with van der Waals surface area (Å²) in [4.78, 5) is 75.6. The van der Waals surface area contributed by atoms with Gasteiger partial charge < -0.3 is 60.2 Å². The van der Waals surface area contributed by atoms with Crippen LogP contribution in [0.3, 0.4) is 0 Å². The van der Waals surface area contributed by atoms with Crippen LogP contribution in [0.4, 0.5) is 17.6 Å². The monoisotopic (exact) mass is 1370 g/mol. The summed E-state index contributed by atoms with van der Waals surface area (Å²) in [5, 5.41) is 28.9. The zero-order valence-electron chi connectivity index (χ0n) is 49.8. The number of fused-ring (bicyclic) bond motifs is 3. The Morgan fingerprint density at radius 2 is 1.59 bits per heavy atom. The second-order valence-corrected chi connectivity index (χ2v) is 29.2. The van der Waals surface area contributed by atoms with Crippen molar-refractivity contribution in [3.05, 3.63) is 117 Å². The highest BCUT2D eigenvalue weighted by molar-refractivity contribution is 7.86. The summed E-state index contributed by atoms with van der Waals surface area (Å²) >= 11 is 0. The van der Waals surface area contributed by atoms with E-state index in [9.17, 15) is 69.2 Å². The Bertz CT molecular complexity index is 4210. The van der Waals surface area contributed by atoms with Gasteiger partial charge in [-0.3, -0.25) is 32.8 Å². The van der Waals surface area contributed by atoms with Crippen molar-refractivity contribution in [3.8, 4) is 22.6 Å². The molecule has 13 N–H and O–H groups in total. The fourth-order valence-electron chi connectivity index (χ4n) is 11.2. The van der Waals surface area contributed by atoms with Gasteiger partial charge in [0.25, 0.3) is 25.8 Å². The Morgan fingerprint density at radius 1 is 0.890 bits per heavy atom. The summed E-state index contributed by atoms with van der Waals surface area (Å²) in [5.41, 5.74) is 8.66. The molecule has 91 heavy (non-hydrogen) atoms. The van der Waals surface area contributed by atoms with E-state index in [4.69, 9.17) is 24.7 Å². The highest BCUT2D eigenvalue weighted by atomic mass is 32.2. The van der Waals surface area contributed by atoms with Gasteiger partial charge in [-0.2, -0.15) is 30.4 Å². The molecule has 1 fully saturated rings. The topological polar surface area (TPSA) is 468 Å². The maximum atomic E-state index is 13.5. The molecule has 36 heteroatoms. The highest BCUT2D eigenvalue weighted by Crippen LogP contribution is 2.66. The number of carbonyl (C=O) groups excluding carboxylic acids is 1. The fourth-order valence-corrected chi connectivity index (χ4v) is 15.2. The number of aromatic amines is 1. The second-order valence-electron chi connectivity index (χ2n) is 21.8. The number of unbranched alkanes of at least 4 members (excludes halogenated alkanes) is 3. The maximum Gasteiger partial charge on any atom is 0.490 e. The minimum Gasteiger partial charge on any atom is -0.456 e. The lowest BCUT2D eigenvalue weighted by atomic mass is 9.77. The SMILES string of the molecule is CC[N+](CC)=c1ccc2c(/C=C/C=C3\N(CCCS(=O)(=O)O)c4ccc(S(=O)(=O)O)cc4C3(C)CCCC(=O)NCCCCCCNc3nc4c(=O)[nH]c(N)nc4n3[C@@H]3O[C@H](COP(=O)(O)OP(=O)(O)OP(=O)(O)O)[C@@H](O)[C@H]3O)c(C)c(-c3ccccc3)oc-2c1. The van der Waals surface area contributed by atoms with Crippen LogP contribution in [0, 0.1) is 6.92 Å². The number of nitrogens with zero attached hydrogens (tertiary/aromatic N) is 5. The molecular weight excluding hydrogens is 1300 g/mol. The number of aliphatic hydroxyl groups is 2. The summed E-state index contributed by atoms with van der Waals surface area (Å²) in [6.45, 7) is 9.06. The molecule has 7 atom stereocenters. The molecular formula is C55H73N9O22P3S2+. The van der Waals surface area contributed by atoms with Gasteiger partial charge in [0.2, 0.25) is 23.2 Å². The number of phosphoric ester groups is 1. The first kappa shape index (κ1) is 70.5. The largest absolute Gasteiger partial charge is 0.490 e. The van der Waals surface area contributed by atoms with Gasteiger partial charge >= 0.3 is 23.5 Å². The van der Waals surface area contributed by atoms with E-state index in [-0.39, 0.29) is 66.2 Å². The van der Waals surface area contributed by atoms with Crippen LogP contribution in [0.2, 0.25) is 0 Å². The molecule has 5 heterocycles. The minimum atomic E-state index is -5.88. The molecule has 1 saturated heterocycles. The molecule has 1 aliphatic carbocycles. The van der Waals surface area contributed by atoms with Crippen LogP contribution in [0.1, 0.15) is 95.1 Å². The molecule has 4 aromatic rings. The third kappa shape index (κ3) is 17.5. The van der Waals surface area contributed by atoms with Crippen LogP contribution in [0.5, 0.6) is 0 Å². The van der Waals surface area contributed by atoms with Gasteiger partial charge in [-0.25, -0.2) is 23.3 Å². The number of phosphoric acid groups is 3. The lowest BCUT2D eigenvalue weighted by Gasteiger charge is -2.30. The number of H-pyrrole nitrogens is 1. The molecule has 3 unspecified atom stereocenters. The quantitative estimate of drug-likeness (QED) is 0.0118. The number of amides is 1. The first-order valence-electron chi connectivity index (χ1n) is 28.8. The average molecular weight is 1370 g/mol. The van der Waals surface area contributed by atoms with Gasteiger partial charge in [0, 0.05) is 65.6 Å². The zero-order chi connectivity index (χ0) is 66.4. The number of imidazole rings is 1. The van der Waals surface area contributed by atoms with E-state index in [1.54, 1.807) is 6.07 Å². The molecule has 31 nitrogen and oxygen atoms in total. The van der Waals surface area contributed by atoms with Crippen LogP contribution < -0.4 is 36.8 Å². The average Bonchev–Trinajstić information content (AvgIpc) is 1.62. The molecule has 4 aliphatic rings. The summed E-state index contributed by atoms with van der Waals surface area (Å²) in [6, 6.07) is 20.0. The van der Waals surface area contributed by atoms with Crippen molar-refractivity contribution in [2.45, 2.75) is 114 Å². The number of aliphatic hydroxyl groups excluding tert-OH is 2. The number of anilines is 3. The van der Waals surface area contributed by atoms with Gasteiger partial charge in [0.15, 0.2) is 17.4 Å². The van der Waals surface area contributed by atoms with Gasteiger partial charge in [-0.15, -0.1) is 0 Å². The predicted molar refractivity (Wildman–Crippen MR) is 333 cm³/mol. The molecule has 2 aromatic heterocycles. The minimum absolute atomic E-state index is 0.00888. The Hall–Kier alpha value is -6.32. The third-order valence-electron chi connectivity index (χ3n) is 15.5. The van der Waals surface area contributed by atoms with E-state index < -0.39 is 91.6 Å². The van der Waals surface area contributed by atoms with Crippen LogP contribution in [-0.2, 0) is 62.0 Å². The number of allylic oxidation sites excluding steroid dienone is 3. The van der Waals surface area contributed by atoms with Crippen molar-refractivity contribution in [3.63, 3.8) is 0 Å². The van der Waals surface area contributed by atoms with Crippen LogP contribution in [0.15, 0.2) is 98.7 Å². The van der Waals surface area contributed by atoms with Gasteiger partial charge in [-0.1, -0.05) is 55.3 Å². The Morgan fingerprint density at radius 3 is 2.26 bits per heavy atom. The number of benzene rings is 3. The Balaban J connectivity index is 0.929. The first-order valence-corrected chi connectivity index (χ1v) is 36.3. The summed E-state index contributed by atoms with van der Waals surface area (Å²) < 4.78 is 132. The molecule has 0 spiro atoms. The summed E-state index contributed by atoms with van der Waals surface area (Å²) in [6.07, 6.45) is 1.52. The van der Waals surface area contributed by atoms with E-state index >= 15 is 0 Å². The zero-order valence-corrected chi connectivity index (χ0v) is 54.1. The van der Waals surface area contributed by atoms with Crippen LogP contribution >= 0.6 is 23.5 Å². The third-order valence-corrected chi connectivity index (χ3v) is 20.9. The first-order chi connectivity index (χ1) is 42.7. The highest BCUT2D eigenvalue weighted by Gasteiger charge is 2.48. The number of nitrogens with one attached hydrogen (secondary N) is 3. The molecule has 0 radical (unpaired) electrons. The van der Waals surface area contributed by atoms with E-state index in [1.165, 1.54) is 12.1 Å². The maximum absolute atomic E-state index is 13.5. The van der Waals surface area contributed by atoms with Crippen molar-refractivity contribution in [1.82, 2.24) is 29.4 Å². The predicted octanol–water partition coefficient (Wildman–Crippen LogP) is 5.31. The van der Waals surface area contributed by atoms with Gasteiger partial charge in [0.1, 0.15) is 42.9 Å². The van der Waals surface area contributed by atoms with Crippen molar-refractivity contribution in [2.75, 3.05) is 61.0 Å². The summed E-state index contributed by atoms with van der Waals surface area (Å²) in [5.74, 6) is 0.0512. The number of hydrogen-bond donors (Lipinski definition) is 12. The van der Waals surface area contributed by atoms with Gasteiger partial charge in [-0.05, 0) is 101 Å². The molecule has 2 aromatic carbocycles. The summed E-state index contributed by atoms with van der Waals surface area (Å²) in [7, 11) is -26.3. The number of carbonyl (C=O) groups is 1. The molecule has 496 valence electrons. The van der Waals surface area contributed by atoms with E-state index in [2.05, 4.69) is 57.2 Å². The normalized spacial score (nSPS) is 20.6. The number of nitrogen functional groups attached to an aromatic ring is 1. The number of hydrogen-bond acceptors (Lipinski definition) is 21. The molecule has 1 amide bonds. The fraction of sp³-hybridized carbons (Fsp3) is 0.436. The van der Waals surface area contributed by atoms with Crippen molar-refractivity contribution >= 4 is 84.4 Å². The van der Waals surface area contributed by atoms with E-state index in [0.29, 0.717) is 67.1 Å². The Labute approximate surface area is 522 Å². The van der Waals surface area contributed by atoms with Crippen LogP contribution in [0.25, 0.3) is 39.9 Å². The number of aromatic nitrogens is 4. The Kier molecular flexibility index (Phi) is 22.4. The number of nitrogens with two attached hydrogens (primary N) is 1. The van der Waals surface area contributed by atoms with Crippen molar-refractivity contribution in [2.24, 2.45) is 0 Å². The molecule has 8 rings (SSSR count). The standard InChI is InChI=1S/C55H72N9O22P3S2/c1-5-62(6-2)36-22-24-39-38(34(3)49(83-42(39)31-36)35-17-10-9-11-18-35)19-14-20-44-55(4,40-32-37(91(79,80)81)23-25-41(40)63(44)29-16-30-90(76,77)78)26-15-21-45(65)57-27-12-7-8-13-28-58-54-59-46-50(60-53(56)61-51(46)68)64(54)52-48(67)47(66)43(84-52)33-82-88(72,73)86-89(74,75)85-87(69,70)71/h9-11,14,17-20,22-25,31-32,43,47-48,52,66-67H,5-8,12-13,15-16,21,26-30,33H2,1-4H3,(H10-,56,57,58,59,60,61,65,68,69,70,71,72,73,74,75,76,77,78,79,80,81)/p+1/t43-,47-,48-,52-,55?/m1/s1. The lowest BCUT2D eigenvalue weighted by molar-refractivity contribution is -0.121. The smallest absolute Gasteiger partial charge is 0.456 e. The van der Waals surface area contributed by atoms with Crippen LogP contribution in [-0.4, -0.2) is 145 Å². The van der Waals surface area contributed by atoms with E-state index in [0.717, 1.165) is 45.3 Å². The second kappa shape index (κ2) is 28.9. The van der Waals surface area contributed by atoms with Gasteiger partial charge in [0.05, 0.1) is 23.3 Å². The van der Waals surface area contributed by atoms with Crippen molar-refractivity contribution in [1.29, 1.82) is 0 Å². The number of rotatable bonds is 30. The van der Waals surface area contributed by atoms with E-state index in [1.807, 2.05) is 85.5 Å². The molecule has 3 aliphatic heterocycles. The number of ether oxygens (including phenoxy) is 1. The molecule has 0 bridgehead atoms. The molecule has 0 saturated carbocycles. The lowest BCUT2D eigenvalue weighted by Crippen LogP contribution is -2.34.